The van der Waals surface area contributed by atoms with Gasteiger partial charge < -0.3 is 14.4 Å². The van der Waals surface area contributed by atoms with E-state index in [0.29, 0.717) is 23.1 Å². The molecule has 25 heavy (non-hydrogen) atoms. The van der Waals surface area contributed by atoms with Crippen molar-refractivity contribution in [3.8, 4) is 11.5 Å². The van der Waals surface area contributed by atoms with Crippen LogP contribution in [0.2, 0.25) is 0 Å². The summed E-state index contributed by atoms with van der Waals surface area (Å²) in [4.78, 5) is 17.4. The maximum Gasteiger partial charge on any atom is 0.254 e. The third kappa shape index (κ3) is 4.09. The smallest absolute Gasteiger partial charge is 0.254 e. The molecule has 2 fully saturated rings. The first kappa shape index (κ1) is 18.1. The van der Waals surface area contributed by atoms with Crippen LogP contribution in [0.5, 0.6) is 11.5 Å². The fourth-order valence-electron chi connectivity index (χ4n) is 4.18. The predicted octanol–water partition coefficient (Wildman–Crippen LogP) is 3.04. The summed E-state index contributed by atoms with van der Waals surface area (Å²) in [6.45, 7) is 5.94. The molecule has 0 aromatic heterocycles. The summed E-state index contributed by atoms with van der Waals surface area (Å²) < 4.78 is 10.6. The number of carbonyl (C=O) groups is 1. The average Bonchev–Trinajstić information content (AvgIpc) is 2.67. The van der Waals surface area contributed by atoms with Crippen molar-refractivity contribution < 1.29 is 14.3 Å². The highest BCUT2D eigenvalue weighted by molar-refractivity contribution is 5.95. The molecular weight excluding hydrogens is 316 g/mol. The lowest BCUT2D eigenvalue weighted by atomic mass is 9.86. The minimum atomic E-state index is 0.0811. The molecule has 1 amide bonds. The van der Waals surface area contributed by atoms with Crippen LogP contribution in [0.15, 0.2) is 18.2 Å². The van der Waals surface area contributed by atoms with Crippen LogP contribution >= 0.6 is 0 Å². The van der Waals surface area contributed by atoms with Gasteiger partial charge >= 0.3 is 0 Å². The first-order valence-electron chi connectivity index (χ1n) is 9.37. The van der Waals surface area contributed by atoms with Crippen molar-refractivity contribution >= 4 is 5.91 Å². The highest BCUT2D eigenvalue weighted by atomic mass is 16.5. The van der Waals surface area contributed by atoms with Gasteiger partial charge in [0, 0.05) is 37.8 Å². The zero-order valence-electron chi connectivity index (χ0n) is 15.7. The molecule has 1 aliphatic heterocycles. The van der Waals surface area contributed by atoms with Crippen molar-refractivity contribution in [1.82, 2.24) is 9.80 Å². The van der Waals surface area contributed by atoms with Gasteiger partial charge in [0.15, 0.2) is 11.5 Å². The number of amides is 1. The van der Waals surface area contributed by atoms with E-state index in [1.165, 1.54) is 25.7 Å². The van der Waals surface area contributed by atoms with Crippen molar-refractivity contribution in [2.45, 2.75) is 38.6 Å². The van der Waals surface area contributed by atoms with Crippen molar-refractivity contribution in [3.05, 3.63) is 23.8 Å². The number of hydrogen-bond donors (Lipinski definition) is 0. The van der Waals surface area contributed by atoms with Crippen LogP contribution < -0.4 is 9.47 Å². The minimum Gasteiger partial charge on any atom is -0.493 e. The quantitative estimate of drug-likeness (QED) is 0.840. The maximum atomic E-state index is 12.8. The Balaban J connectivity index is 1.60. The topological polar surface area (TPSA) is 42.0 Å². The van der Waals surface area contributed by atoms with Gasteiger partial charge in [-0.1, -0.05) is 19.8 Å². The molecule has 1 aromatic rings. The third-order valence-corrected chi connectivity index (χ3v) is 5.66. The van der Waals surface area contributed by atoms with Crippen LogP contribution in [0.25, 0.3) is 0 Å². The second kappa shape index (κ2) is 8.09. The number of piperazine rings is 1. The molecule has 1 saturated heterocycles. The van der Waals surface area contributed by atoms with Crippen molar-refractivity contribution in [2.75, 3.05) is 40.4 Å². The zero-order valence-corrected chi connectivity index (χ0v) is 15.7. The van der Waals surface area contributed by atoms with Gasteiger partial charge in [0.05, 0.1) is 14.2 Å². The second-order valence-corrected chi connectivity index (χ2v) is 7.32. The van der Waals surface area contributed by atoms with Gasteiger partial charge in [-0.2, -0.15) is 0 Å². The molecule has 3 rings (SSSR count). The summed E-state index contributed by atoms with van der Waals surface area (Å²) in [6, 6.07) is 6.10. The van der Waals surface area contributed by atoms with E-state index in [9.17, 15) is 4.79 Å². The number of ether oxygens (including phenoxy) is 2. The molecule has 0 radical (unpaired) electrons. The molecule has 0 spiro atoms. The first-order chi connectivity index (χ1) is 12.1. The molecule has 138 valence electrons. The highest BCUT2D eigenvalue weighted by Gasteiger charge is 2.29. The second-order valence-electron chi connectivity index (χ2n) is 7.32. The molecule has 1 aliphatic carbocycles. The normalized spacial score (nSPS) is 24.8. The summed E-state index contributed by atoms with van der Waals surface area (Å²) in [5, 5.41) is 0. The Morgan fingerprint density at radius 1 is 1.04 bits per heavy atom. The van der Waals surface area contributed by atoms with Crippen LogP contribution in [-0.4, -0.2) is 62.1 Å². The van der Waals surface area contributed by atoms with E-state index in [-0.39, 0.29) is 5.91 Å². The maximum absolute atomic E-state index is 12.8. The van der Waals surface area contributed by atoms with Gasteiger partial charge in [-0.15, -0.1) is 0 Å². The molecule has 1 heterocycles. The lowest BCUT2D eigenvalue weighted by molar-refractivity contribution is 0.0488. The molecule has 5 nitrogen and oxygen atoms in total. The third-order valence-electron chi connectivity index (χ3n) is 5.66. The molecule has 0 unspecified atom stereocenters. The lowest BCUT2D eigenvalue weighted by Crippen LogP contribution is -2.52. The number of carbonyl (C=O) groups excluding carboxylic acids is 1. The predicted molar refractivity (Wildman–Crippen MR) is 98.4 cm³/mol. The summed E-state index contributed by atoms with van der Waals surface area (Å²) in [5.74, 6) is 2.17. The summed E-state index contributed by atoms with van der Waals surface area (Å²) in [6.07, 6.45) is 5.34. The number of benzene rings is 1. The average molecular weight is 346 g/mol. The molecular formula is C20H30N2O3. The van der Waals surface area contributed by atoms with Crippen LogP contribution in [0.1, 0.15) is 43.0 Å². The Morgan fingerprint density at radius 3 is 2.40 bits per heavy atom. The van der Waals surface area contributed by atoms with Crippen molar-refractivity contribution in [2.24, 2.45) is 5.92 Å². The van der Waals surface area contributed by atoms with E-state index in [2.05, 4.69) is 11.8 Å². The van der Waals surface area contributed by atoms with Crippen LogP contribution in [0.3, 0.4) is 0 Å². The lowest BCUT2D eigenvalue weighted by Gasteiger charge is -2.42. The highest BCUT2D eigenvalue weighted by Crippen LogP contribution is 2.29. The van der Waals surface area contributed by atoms with Crippen molar-refractivity contribution in [3.63, 3.8) is 0 Å². The number of rotatable bonds is 4. The van der Waals surface area contributed by atoms with Crippen molar-refractivity contribution in [1.29, 1.82) is 0 Å². The summed E-state index contributed by atoms with van der Waals surface area (Å²) in [7, 11) is 3.20. The standard InChI is InChI=1S/C20H30N2O3/c1-15-5-4-6-17(13-15)21-9-11-22(12-10-21)20(23)16-7-8-18(24-2)19(14-16)25-3/h7-8,14-15,17H,4-6,9-13H2,1-3H3/t15-,17+/m0/s1. The Bertz CT molecular complexity index is 597. The Hall–Kier alpha value is -1.75. The molecule has 5 heteroatoms. The van der Waals surface area contributed by atoms with Gasteiger partial charge in [-0.3, -0.25) is 9.69 Å². The minimum absolute atomic E-state index is 0.0811. The molecule has 0 N–H and O–H groups in total. The van der Waals surface area contributed by atoms with Gasteiger partial charge in [0.2, 0.25) is 0 Å². The van der Waals surface area contributed by atoms with Gasteiger partial charge in [-0.05, 0) is 37.0 Å². The van der Waals surface area contributed by atoms with E-state index < -0.39 is 0 Å². The number of methoxy groups -OCH3 is 2. The Labute approximate surface area is 150 Å². The molecule has 1 saturated carbocycles. The molecule has 2 atom stereocenters. The van der Waals surface area contributed by atoms with E-state index in [4.69, 9.17) is 9.47 Å². The summed E-state index contributed by atoms with van der Waals surface area (Å²) in [5.41, 5.74) is 0.664. The van der Waals surface area contributed by atoms with Gasteiger partial charge in [0.25, 0.3) is 5.91 Å². The molecule has 2 aliphatic rings. The number of nitrogens with zero attached hydrogens (tertiary/aromatic N) is 2. The number of hydrogen-bond acceptors (Lipinski definition) is 4. The van der Waals surface area contributed by atoms with Crippen LogP contribution in [0.4, 0.5) is 0 Å². The monoisotopic (exact) mass is 346 g/mol. The SMILES string of the molecule is COc1ccc(C(=O)N2CCN([C@@H]3CCC[C@H](C)C3)CC2)cc1OC. The van der Waals surface area contributed by atoms with Gasteiger partial charge in [0.1, 0.15) is 0 Å². The largest absolute Gasteiger partial charge is 0.493 e. The van der Waals surface area contributed by atoms with Gasteiger partial charge in [-0.25, -0.2) is 0 Å². The van der Waals surface area contributed by atoms with E-state index in [1.54, 1.807) is 26.4 Å². The first-order valence-corrected chi connectivity index (χ1v) is 9.37. The van der Waals surface area contributed by atoms with Crippen LogP contribution in [0, 0.1) is 5.92 Å². The fraction of sp³-hybridized carbons (Fsp3) is 0.650. The van der Waals surface area contributed by atoms with E-state index >= 15 is 0 Å². The zero-order chi connectivity index (χ0) is 17.8. The van der Waals surface area contributed by atoms with Crippen LogP contribution in [-0.2, 0) is 0 Å². The molecule has 1 aromatic carbocycles. The Morgan fingerprint density at radius 2 is 1.76 bits per heavy atom. The van der Waals surface area contributed by atoms with E-state index in [1.807, 2.05) is 11.0 Å². The van der Waals surface area contributed by atoms with E-state index in [0.717, 1.165) is 32.1 Å². The fourth-order valence-corrected chi connectivity index (χ4v) is 4.18. The molecule has 0 bridgehead atoms. The summed E-state index contributed by atoms with van der Waals surface area (Å²) >= 11 is 0. The Kier molecular flexibility index (Phi) is 5.84.